The molecule has 1 aromatic heterocycles. The van der Waals surface area contributed by atoms with E-state index in [-0.39, 0.29) is 5.91 Å². The third kappa shape index (κ3) is 5.10. The van der Waals surface area contributed by atoms with Crippen LogP contribution in [-0.4, -0.2) is 46.8 Å². The molecule has 1 N–H and O–H groups in total. The lowest BCUT2D eigenvalue weighted by molar-refractivity contribution is -0.142. The first-order valence-electron chi connectivity index (χ1n) is 9.63. The van der Waals surface area contributed by atoms with Gasteiger partial charge in [-0.15, -0.1) is 0 Å². The van der Waals surface area contributed by atoms with Crippen LogP contribution in [0.3, 0.4) is 0 Å². The summed E-state index contributed by atoms with van der Waals surface area (Å²) in [6.45, 7) is 2.01. The van der Waals surface area contributed by atoms with Crippen LogP contribution in [0.5, 0.6) is 0 Å². The van der Waals surface area contributed by atoms with Crippen molar-refractivity contribution in [3.63, 3.8) is 0 Å². The van der Waals surface area contributed by atoms with E-state index >= 15 is 0 Å². The summed E-state index contributed by atoms with van der Waals surface area (Å²) in [4.78, 5) is 25.3. The zero-order chi connectivity index (χ0) is 21.5. The van der Waals surface area contributed by atoms with Crippen LogP contribution >= 0.6 is 11.8 Å². The Morgan fingerprint density at radius 2 is 1.83 bits per heavy atom. The summed E-state index contributed by atoms with van der Waals surface area (Å²) >= 11 is 1.61. The Hall–Kier alpha value is -3.06. The Kier molecular flexibility index (Phi) is 7.30. The Labute approximate surface area is 180 Å². The van der Waals surface area contributed by atoms with E-state index in [1.54, 1.807) is 22.6 Å². The maximum atomic E-state index is 13.2. The van der Waals surface area contributed by atoms with Crippen molar-refractivity contribution < 1.29 is 14.3 Å². The van der Waals surface area contributed by atoms with Crippen LogP contribution < -0.4 is 5.32 Å². The smallest absolute Gasteiger partial charge is 0.328 e. The van der Waals surface area contributed by atoms with Gasteiger partial charge in [-0.2, -0.15) is 16.9 Å². The molecule has 0 aliphatic carbocycles. The minimum atomic E-state index is -0.708. The van der Waals surface area contributed by atoms with Gasteiger partial charge in [0.15, 0.2) is 0 Å². The number of rotatable bonds is 8. The molecule has 1 atom stereocenters. The maximum absolute atomic E-state index is 13.2. The normalized spacial score (nSPS) is 11.7. The van der Waals surface area contributed by atoms with E-state index in [9.17, 15) is 9.59 Å². The van der Waals surface area contributed by atoms with E-state index in [0.29, 0.717) is 17.7 Å². The Bertz CT molecular complexity index is 1000. The molecule has 6 nitrogen and oxygen atoms in total. The number of benzene rings is 2. The van der Waals surface area contributed by atoms with Crippen molar-refractivity contribution in [3.8, 4) is 16.9 Å². The number of aromatic nitrogens is 2. The summed E-state index contributed by atoms with van der Waals surface area (Å²) in [6.07, 6.45) is 4.14. The second-order valence-corrected chi connectivity index (χ2v) is 7.85. The fraction of sp³-hybridized carbons (Fsp3) is 0.261. The number of amides is 1. The van der Waals surface area contributed by atoms with Crippen LogP contribution in [0.25, 0.3) is 16.9 Å². The Morgan fingerprint density at radius 1 is 1.13 bits per heavy atom. The summed E-state index contributed by atoms with van der Waals surface area (Å²) in [5.74, 6) is -0.0808. The third-order valence-electron chi connectivity index (χ3n) is 4.71. The van der Waals surface area contributed by atoms with Gasteiger partial charge in [-0.25, -0.2) is 9.48 Å². The molecule has 0 saturated heterocycles. The molecule has 7 heteroatoms. The van der Waals surface area contributed by atoms with Crippen LogP contribution in [0.1, 0.15) is 22.3 Å². The molecule has 0 radical (unpaired) electrons. The largest absolute Gasteiger partial charge is 0.467 e. The lowest BCUT2D eigenvalue weighted by atomic mass is 10.1. The molecular formula is C23H25N3O3S. The van der Waals surface area contributed by atoms with E-state index in [4.69, 9.17) is 4.74 Å². The van der Waals surface area contributed by atoms with Gasteiger partial charge in [0.05, 0.1) is 18.4 Å². The molecule has 3 aromatic rings. The van der Waals surface area contributed by atoms with Crippen LogP contribution in [0.15, 0.2) is 60.8 Å². The van der Waals surface area contributed by atoms with Crippen molar-refractivity contribution >= 4 is 23.6 Å². The Balaban J connectivity index is 1.98. The van der Waals surface area contributed by atoms with Gasteiger partial charge in [0.25, 0.3) is 5.91 Å². The predicted molar refractivity (Wildman–Crippen MR) is 120 cm³/mol. The van der Waals surface area contributed by atoms with Crippen molar-refractivity contribution in [3.05, 3.63) is 71.9 Å². The average molecular weight is 424 g/mol. The Morgan fingerprint density at radius 3 is 2.47 bits per heavy atom. The number of hydrogen-bond donors (Lipinski definition) is 1. The molecule has 1 heterocycles. The van der Waals surface area contributed by atoms with Gasteiger partial charge in [0.1, 0.15) is 11.7 Å². The van der Waals surface area contributed by atoms with Crippen LogP contribution in [0, 0.1) is 6.92 Å². The monoisotopic (exact) mass is 423 g/mol. The van der Waals surface area contributed by atoms with Gasteiger partial charge < -0.3 is 10.1 Å². The molecule has 0 spiro atoms. The number of carbonyl (C=O) groups is 2. The zero-order valence-electron chi connectivity index (χ0n) is 17.3. The predicted octanol–water partition coefficient (Wildman–Crippen LogP) is 3.87. The highest BCUT2D eigenvalue weighted by molar-refractivity contribution is 7.98. The molecule has 156 valence electrons. The second-order valence-electron chi connectivity index (χ2n) is 6.87. The molecule has 0 aliphatic heterocycles. The number of hydrogen-bond acceptors (Lipinski definition) is 5. The number of nitrogens with zero attached hydrogens (tertiary/aromatic N) is 2. The summed E-state index contributed by atoms with van der Waals surface area (Å²) < 4.78 is 6.54. The van der Waals surface area contributed by atoms with Crippen molar-refractivity contribution in [2.24, 2.45) is 0 Å². The number of esters is 1. The number of aryl methyl sites for hydroxylation is 1. The van der Waals surface area contributed by atoms with Gasteiger partial charge in [-0.3, -0.25) is 4.79 Å². The molecule has 0 aliphatic rings. The van der Waals surface area contributed by atoms with Gasteiger partial charge >= 0.3 is 5.97 Å². The van der Waals surface area contributed by atoms with Crippen LogP contribution in [0.2, 0.25) is 0 Å². The number of ether oxygens (including phenoxy) is 1. The lowest BCUT2D eigenvalue weighted by Gasteiger charge is -2.16. The second kappa shape index (κ2) is 10.1. The van der Waals surface area contributed by atoms with Crippen molar-refractivity contribution in [2.75, 3.05) is 19.1 Å². The standard InChI is InChI=1S/C23H25N3O3S/c1-16-9-11-17(12-10-16)21-19(15-26(25-21)18-7-5-4-6-8-18)22(27)24-20(13-14-30-3)23(28)29-2/h4-12,15,20H,13-14H2,1-3H3,(H,24,27)/t20-/m0/s1. The van der Waals surface area contributed by atoms with Crippen LogP contribution in [-0.2, 0) is 9.53 Å². The number of methoxy groups -OCH3 is 1. The van der Waals surface area contributed by atoms with Crippen molar-refractivity contribution in [1.29, 1.82) is 0 Å². The van der Waals surface area contributed by atoms with E-state index < -0.39 is 12.0 Å². The highest BCUT2D eigenvalue weighted by Gasteiger charge is 2.25. The first-order chi connectivity index (χ1) is 14.5. The van der Waals surface area contributed by atoms with Gasteiger partial charge in [0, 0.05) is 11.8 Å². The van der Waals surface area contributed by atoms with Crippen LogP contribution in [0.4, 0.5) is 0 Å². The first-order valence-corrected chi connectivity index (χ1v) is 11.0. The highest BCUT2D eigenvalue weighted by Crippen LogP contribution is 2.24. The fourth-order valence-electron chi connectivity index (χ4n) is 3.04. The maximum Gasteiger partial charge on any atom is 0.328 e. The first kappa shape index (κ1) is 21.6. The molecule has 1 amide bonds. The topological polar surface area (TPSA) is 73.2 Å². The third-order valence-corrected chi connectivity index (χ3v) is 5.35. The molecule has 3 rings (SSSR count). The van der Waals surface area contributed by atoms with E-state index in [0.717, 1.165) is 22.6 Å². The van der Waals surface area contributed by atoms with E-state index in [1.807, 2.05) is 67.8 Å². The SMILES string of the molecule is COC(=O)[C@H](CCSC)NC(=O)c1cn(-c2ccccc2)nc1-c1ccc(C)cc1. The lowest BCUT2D eigenvalue weighted by Crippen LogP contribution is -2.42. The summed E-state index contributed by atoms with van der Waals surface area (Å²) in [5.41, 5.74) is 3.76. The molecular weight excluding hydrogens is 398 g/mol. The van der Waals surface area contributed by atoms with Gasteiger partial charge in [-0.1, -0.05) is 48.0 Å². The number of carbonyl (C=O) groups excluding carboxylic acids is 2. The average Bonchev–Trinajstić information content (AvgIpc) is 3.22. The summed E-state index contributed by atoms with van der Waals surface area (Å²) in [6, 6.07) is 16.7. The fourth-order valence-corrected chi connectivity index (χ4v) is 3.51. The quantitative estimate of drug-likeness (QED) is 0.557. The zero-order valence-corrected chi connectivity index (χ0v) is 18.1. The van der Waals surface area contributed by atoms with Gasteiger partial charge in [-0.05, 0) is 37.5 Å². The highest BCUT2D eigenvalue weighted by atomic mass is 32.2. The van der Waals surface area contributed by atoms with E-state index in [2.05, 4.69) is 10.4 Å². The molecule has 0 unspecified atom stereocenters. The molecule has 2 aromatic carbocycles. The number of para-hydroxylation sites is 1. The summed E-state index contributed by atoms with van der Waals surface area (Å²) in [5, 5.41) is 7.50. The number of thioether (sulfide) groups is 1. The molecule has 0 bridgehead atoms. The van der Waals surface area contributed by atoms with Crippen molar-refractivity contribution in [1.82, 2.24) is 15.1 Å². The van der Waals surface area contributed by atoms with Gasteiger partial charge in [0.2, 0.25) is 0 Å². The molecule has 30 heavy (non-hydrogen) atoms. The molecule has 0 fully saturated rings. The van der Waals surface area contributed by atoms with Crippen molar-refractivity contribution in [2.45, 2.75) is 19.4 Å². The minimum absolute atomic E-state index is 0.357. The molecule has 0 saturated carbocycles. The number of nitrogens with one attached hydrogen (secondary N) is 1. The van der Waals surface area contributed by atoms with E-state index in [1.165, 1.54) is 7.11 Å². The minimum Gasteiger partial charge on any atom is -0.467 e. The summed E-state index contributed by atoms with van der Waals surface area (Å²) in [7, 11) is 1.33.